The Balaban J connectivity index is 2.49. The average Bonchev–Trinajstić information content (AvgIpc) is 3.04. The SMILES string of the molecule is CNc1nc(-c2cnn(C)c2)c(/C(C)=C/C(=O)OC)s1. The molecule has 0 bridgehead atoms. The summed E-state index contributed by atoms with van der Waals surface area (Å²) in [6.07, 6.45) is 5.11. The van der Waals surface area contributed by atoms with Crippen molar-refractivity contribution in [3.8, 4) is 11.3 Å². The first kappa shape index (κ1) is 14.3. The molecule has 1 N–H and O–H groups in total. The van der Waals surface area contributed by atoms with E-state index in [4.69, 9.17) is 0 Å². The molecule has 0 amide bonds. The summed E-state index contributed by atoms with van der Waals surface area (Å²) in [5, 5.41) is 7.97. The van der Waals surface area contributed by atoms with Crippen molar-refractivity contribution in [1.82, 2.24) is 14.8 Å². The van der Waals surface area contributed by atoms with Crippen LogP contribution in [0.4, 0.5) is 5.13 Å². The summed E-state index contributed by atoms with van der Waals surface area (Å²) in [6.45, 7) is 1.86. The first-order valence-corrected chi connectivity index (χ1v) is 6.81. The molecule has 20 heavy (non-hydrogen) atoms. The van der Waals surface area contributed by atoms with Gasteiger partial charge in [-0.2, -0.15) is 5.10 Å². The second-order valence-corrected chi connectivity index (χ2v) is 5.20. The Hall–Kier alpha value is -2.15. The quantitative estimate of drug-likeness (QED) is 0.691. The van der Waals surface area contributed by atoms with Crippen LogP contribution in [0.1, 0.15) is 11.8 Å². The lowest BCUT2D eigenvalue weighted by atomic mass is 10.1. The van der Waals surface area contributed by atoms with Crippen LogP contribution in [0.25, 0.3) is 16.8 Å². The topological polar surface area (TPSA) is 69.0 Å². The van der Waals surface area contributed by atoms with Crippen LogP contribution in [0.5, 0.6) is 0 Å². The number of anilines is 1. The van der Waals surface area contributed by atoms with Gasteiger partial charge in [-0.05, 0) is 12.5 Å². The lowest BCUT2D eigenvalue weighted by Crippen LogP contribution is -1.95. The number of carbonyl (C=O) groups is 1. The number of ether oxygens (including phenoxy) is 1. The van der Waals surface area contributed by atoms with Crippen molar-refractivity contribution in [3.05, 3.63) is 23.3 Å². The third kappa shape index (κ3) is 2.88. The van der Waals surface area contributed by atoms with Gasteiger partial charge in [-0.1, -0.05) is 11.3 Å². The Bertz CT molecular complexity index is 657. The van der Waals surface area contributed by atoms with Gasteiger partial charge >= 0.3 is 5.97 Å². The molecule has 0 atom stereocenters. The second-order valence-electron chi connectivity index (χ2n) is 4.20. The summed E-state index contributed by atoms with van der Waals surface area (Å²) in [5.41, 5.74) is 2.54. The second kappa shape index (κ2) is 5.87. The number of carbonyl (C=O) groups excluding carboxylic acids is 1. The highest BCUT2D eigenvalue weighted by atomic mass is 32.1. The van der Waals surface area contributed by atoms with Crippen molar-refractivity contribution in [2.45, 2.75) is 6.92 Å². The third-order valence-corrected chi connectivity index (χ3v) is 3.92. The number of hydrogen-bond donors (Lipinski definition) is 1. The fourth-order valence-electron chi connectivity index (χ4n) is 1.73. The summed E-state index contributed by atoms with van der Waals surface area (Å²) in [5.74, 6) is -0.376. The van der Waals surface area contributed by atoms with Crippen LogP contribution in [0, 0.1) is 0 Å². The smallest absolute Gasteiger partial charge is 0.330 e. The van der Waals surface area contributed by atoms with E-state index >= 15 is 0 Å². The molecule has 0 spiro atoms. The molecule has 0 fully saturated rings. The van der Waals surface area contributed by atoms with Gasteiger partial charge in [-0.15, -0.1) is 0 Å². The van der Waals surface area contributed by atoms with Crippen LogP contribution >= 0.6 is 11.3 Å². The zero-order valence-electron chi connectivity index (χ0n) is 11.8. The molecule has 2 aromatic rings. The molecule has 0 aliphatic carbocycles. The van der Waals surface area contributed by atoms with Crippen LogP contribution in [0.3, 0.4) is 0 Å². The molecule has 0 aliphatic rings. The van der Waals surface area contributed by atoms with E-state index in [2.05, 4.69) is 20.1 Å². The van der Waals surface area contributed by atoms with E-state index in [1.54, 1.807) is 10.9 Å². The lowest BCUT2D eigenvalue weighted by molar-refractivity contribution is -0.134. The average molecular weight is 292 g/mol. The van der Waals surface area contributed by atoms with E-state index in [-0.39, 0.29) is 5.97 Å². The van der Waals surface area contributed by atoms with Crippen LogP contribution in [-0.2, 0) is 16.6 Å². The Morgan fingerprint density at radius 3 is 2.85 bits per heavy atom. The summed E-state index contributed by atoms with van der Waals surface area (Å²) in [7, 11) is 5.03. The monoisotopic (exact) mass is 292 g/mol. The highest BCUT2D eigenvalue weighted by Gasteiger charge is 2.16. The molecule has 106 valence electrons. The first-order chi connectivity index (χ1) is 9.55. The molecule has 0 aromatic carbocycles. The van der Waals surface area contributed by atoms with Gasteiger partial charge in [0.15, 0.2) is 5.13 Å². The minimum atomic E-state index is -0.376. The number of allylic oxidation sites excluding steroid dienone is 1. The van der Waals surface area contributed by atoms with Crippen LogP contribution in [0.2, 0.25) is 0 Å². The van der Waals surface area contributed by atoms with E-state index < -0.39 is 0 Å². The molecule has 0 saturated carbocycles. The highest BCUT2D eigenvalue weighted by molar-refractivity contribution is 7.17. The Kier molecular flexibility index (Phi) is 4.19. The van der Waals surface area contributed by atoms with Crippen molar-refractivity contribution in [2.75, 3.05) is 19.5 Å². The zero-order valence-corrected chi connectivity index (χ0v) is 12.6. The molecule has 0 radical (unpaired) electrons. The predicted octanol–water partition coefficient (Wildman–Crippen LogP) is 2.16. The molecule has 2 heterocycles. The maximum absolute atomic E-state index is 11.4. The predicted molar refractivity (Wildman–Crippen MR) is 79.5 cm³/mol. The van der Waals surface area contributed by atoms with Gasteiger partial charge in [0.25, 0.3) is 0 Å². The van der Waals surface area contributed by atoms with Crippen LogP contribution in [0.15, 0.2) is 18.5 Å². The van der Waals surface area contributed by atoms with Crippen molar-refractivity contribution in [2.24, 2.45) is 7.05 Å². The van der Waals surface area contributed by atoms with Crippen molar-refractivity contribution in [1.29, 1.82) is 0 Å². The van der Waals surface area contributed by atoms with E-state index in [0.29, 0.717) is 0 Å². The Morgan fingerprint density at radius 1 is 1.55 bits per heavy atom. The molecule has 0 saturated heterocycles. The zero-order chi connectivity index (χ0) is 14.7. The van der Waals surface area contributed by atoms with E-state index in [0.717, 1.165) is 26.8 Å². The number of methoxy groups -OCH3 is 1. The van der Waals surface area contributed by atoms with Crippen LogP contribution in [-0.4, -0.2) is 34.9 Å². The van der Waals surface area contributed by atoms with Gasteiger partial charge in [0.05, 0.1) is 23.9 Å². The molecule has 2 aromatic heterocycles. The van der Waals surface area contributed by atoms with Gasteiger partial charge in [-0.25, -0.2) is 9.78 Å². The molecular weight excluding hydrogens is 276 g/mol. The van der Waals surface area contributed by atoms with E-state index in [9.17, 15) is 4.79 Å². The standard InChI is InChI=1S/C13H16N4O2S/c1-8(5-10(18)19-4)12-11(16-13(14-2)20-12)9-6-15-17(3)7-9/h5-7H,1-4H3,(H,14,16)/b8-5+. The molecular formula is C13H16N4O2S. The number of esters is 1. The summed E-state index contributed by atoms with van der Waals surface area (Å²) < 4.78 is 6.38. The van der Waals surface area contributed by atoms with Crippen LogP contribution < -0.4 is 5.32 Å². The minimum Gasteiger partial charge on any atom is -0.466 e. The third-order valence-electron chi connectivity index (χ3n) is 2.71. The molecule has 6 nitrogen and oxygen atoms in total. The number of rotatable bonds is 4. The Morgan fingerprint density at radius 2 is 2.30 bits per heavy atom. The first-order valence-electron chi connectivity index (χ1n) is 5.99. The van der Waals surface area contributed by atoms with Gasteiger partial charge in [0.1, 0.15) is 0 Å². The normalized spacial score (nSPS) is 11.5. The fraction of sp³-hybridized carbons (Fsp3) is 0.308. The summed E-state index contributed by atoms with van der Waals surface area (Å²) >= 11 is 1.49. The van der Waals surface area contributed by atoms with Crippen molar-refractivity contribution in [3.63, 3.8) is 0 Å². The van der Waals surface area contributed by atoms with Gasteiger partial charge in [-0.3, -0.25) is 4.68 Å². The molecule has 0 aliphatic heterocycles. The van der Waals surface area contributed by atoms with Crippen molar-refractivity contribution >= 4 is 28.0 Å². The fourth-order valence-corrected chi connectivity index (χ4v) is 2.65. The Labute approximate surface area is 121 Å². The minimum absolute atomic E-state index is 0.376. The lowest BCUT2D eigenvalue weighted by Gasteiger charge is -2.00. The van der Waals surface area contributed by atoms with Gasteiger partial charge in [0, 0.05) is 31.9 Å². The molecule has 2 rings (SSSR count). The van der Waals surface area contributed by atoms with E-state index in [1.807, 2.05) is 27.2 Å². The summed E-state index contributed by atoms with van der Waals surface area (Å²) in [4.78, 5) is 16.8. The molecule has 0 unspecified atom stereocenters. The maximum atomic E-state index is 11.4. The van der Waals surface area contributed by atoms with Gasteiger partial charge in [0.2, 0.25) is 0 Å². The van der Waals surface area contributed by atoms with E-state index in [1.165, 1.54) is 24.5 Å². The number of aromatic nitrogens is 3. The van der Waals surface area contributed by atoms with Gasteiger partial charge < -0.3 is 10.1 Å². The number of nitrogens with one attached hydrogen (secondary N) is 1. The molecule has 7 heteroatoms. The number of aryl methyl sites for hydroxylation is 1. The summed E-state index contributed by atoms with van der Waals surface area (Å²) in [6, 6.07) is 0. The van der Waals surface area contributed by atoms with Crippen molar-refractivity contribution < 1.29 is 9.53 Å². The largest absolute Gasteiger partial charge is 0.466 e. The maximum Gasteiger partial charge on any atom is 0.330 e. The number of hydrogen-bond acceptors (Lipinski definition) is 6. The number of thiazole rings is 1. The number of nitrogens with zero attached hydrogens (tertiary/aromatic N) is 3. The highest BCUT2D eigenvalue weighted by Crippen LogP contribution is 2.35.